The molecule has 12 heteroatoms. The zero-order valence-electron chi connectivity index (χ0n) is 23.6. The first kappa shape index (κ1) is 29.7. The highest BCUT2D eigenvalue weighted by molar-refractivity contribution is 6.31. The van der Waals surface area contributed by atoms with Gasteiger partial charge in [-0.15, -0.1) is 0 Å². The van der Waals surface area contributed by atoms with Crippen molar-refractivity contribution in [3.05, 3.63) is 81.1 Å². The number of nitrogens with zero attached hydrogens (tertiary/aromatic N) is 3. The largest absolute Gasteiger partial charge is 0.370 e. The van der Waals surface area contributed by atoms with Crippen molar-refractivity contribution in [2.24, 2.45) is 17.2 Å². The molecule has 3 heterocycles. The molecule has 2 aromatic carbocycles. The Morgan fingerprint density at radius 3 is 2.67 bits per heavy atom. The van der Waals surface area contributed by atoms with Crippen molar-refractivity contribution in [1.29, 1.82) is 5.41 Å². The second kappa shape index (κ2) is 12.2. The molecule has 42 heavy (non-hydrogen) atoms. The summed E-state index contributed by atoms with van der Waals surface area (Å²) in [5.74, 6) is -0.464. The number of benzene rings is 2. The van der Waals surface area contributed by atoms with E-state index in [-0.39, 0.29) is 22.6 Å². The average molecular weight is 594 g/mol. The maximum absolute atomic E-state index is 15.1. The summed E-state index contributed by atoms with van der Waals surface area (Å²) in [6, 6.07) is 13.0. The maximum atomic E-state index is 15.1. The van der Waals surface area contributed by atoms with Crippen LogP contribution in [0.1, 0.15) is 37.3 Å². The lowest BCUT2D eigenvalue weighted by Gasteiger charge is -2.48. The first-order valence-electron chi connectivity index (χ1n) is 14.1. The van der Waals surface area contributed by atoms with Gasteiger partial charge in [0.15, 0.2) is 11.8 Å². The minimum absolute atomic E-state index is 0.0502. The van der Waals surface area contributed by atoms with Crippen LogP contribution in [-0.2, 0) is 13.0 Å². The normalized spacial score (nSPS) is 15.1. The summed E-state index contributed by atoms with van der Waals surface area (Å²) in [5.41, 5.74) is 20.8. The number of guanidine groups is 1. The van der Waals surface area contributed by atoms with Crippen LogP contribution in [0.15, 0.2) is 53.5 Å². The van der Waals surface area contributed by atoms with Gasteiger partial charge in [-0.2, -0.15) is 4.98 Å². The van der Waals surface area contributed by atoms with Gasteiger partial charge in [0.2, 0.25) is 0 Å². The van der Waals surface area contributed by atoms with Crippen LogP contribution in [0, 0.1) is 11.2 Å². The van der Waals surface area contributed by atoms with Crippen molar-refractivity contribution in [2.45, 2.75) is 50.7 Å². The molecule has 0 bridgehead atoms. The topological polar surface area (TPSA) is 168 Å². The molecule has 222 valence electrons. The molecule has 4 aromatic rings. The number of aromatic amines is 1. The van der Waals surface area contributed by atoms with Gasteiger partial charge in [0.1, 0.15) is 5.65 Å². The molecule has 0 radical (unpaired) electrons. The molecule has 9 N–H and O–H groups in total. The Labute approximate surface area is 248 Å². The zero-order valence-corrected chi connectivity index (χ0v) is 24.3. The number of rotatable bonds is 11. The Hall–Kier alpha value is -3.77. The molecule has 0 aliphatic carbocycles. The molecule has 0 unspecified atom stereocenters. The fourth-order valence-electron chi connectivity index (χ4n) is 5.32. The monoisotopic (exact) mass is 593 g/mol. The smallest absolute Gasteiger partial charge is 0.354 e. The number of hydrogen-bond donors (Lipinski definition) is 6. The molecule has 0 saturated carbocycles. The standard InChI is InChI=1S/C30H37ClFN9O/c1-18(33)3-2-4-20-11-23(26(32)24(31)12-20)25-13-21-15-41(29(42)39-27(21)38-25)22-7-5-19(6-8-22)14-37-10-9-30(36)16-40(17-30)28(34)35/h5-8,11-13,15,18,37H,2-4,9-10,14,16-17,33,36H2,1H3,(H3,34,35)(H,38,39,42)/t18-/m0/s1. The quantitative estimate of drug-likeness (QED) is 0.0881. The van der Waals surface area contributed by atoms with E-state index in [4.69, 9.17) is 34.2 Å². The van der Waals surface area contributed by atoms with Gasteiger partial charge in [-0.05, 0) is 80.6 Å². The summed E-state index contributed by atoms with van der Waals surface area (Å²) >= 11 is 6.23. The van der Waals surface area contributed by atoms with Crippen molar-refractivity contribution >= 4 is 28.6 Å². The Bertz CT molecular complexity index is 1640. The summed E-state index contributed by atoms with van der Waals surface area (Å²) in [6.45, 7) is 4.54. The number of nitrogens with one attached hydrogen (secondary N) is 3. The van der Waals surface area contributed by atoms with Crippen LogP contribution in [0.5, 0.6) is 0 Å². The lowest BCUT2D eigenvalue weighted by molar-refractivity contribution is 0.133. The highest BCUT2D eigenvalue weighted by Gasteiger charge is 2.39. The average Bonchev–Trinajstić information content (AvgIpc) is 3.33. The van der Waals surface area contributed by atoms with Gasteiger partial charge >= 0.3 is 5.69 Å². The molecule has 1 aliphatic rings. The number of nitrogens with two attached hydrogens (primary N) is 3. The van der Waals surface area contributed by atoms with Crippen LogP contribution in [0.2, 0.25) is 5.02 Å². The Morgan fingerprint density at radius 2 is 1.98 bits per heavy atom. The highest BCUT2D eigenvalue weighted by atomic mass is 35.5. The van der Waals surface area contributed by atoms with Crippen molar-refractivity contribution < 1.29 is 4.39 Å². The number of halogens is 2. The van der Waals surface area contributed by atoms with Gasteiger partial charge in [-0.25, -0.2) is 9.18 Å². The third-order valence-electron chi connectivity index (χ3n) is 7.71. The van der Waals surface area contributed by atoms with E-state index in [1.165, 1.54) is 4.57 Å². The third kappa shape index (κ3) is 6.65. The summed E-state index contributed by atoms with van der Waals surface area (Å²) in [4.78, 5) is 21.9. The number of aromatic nitrogens is 3. The SMILES string of the molecule is C[C@H](N)CCCc1cc(Cl)c(F)c(-c2cc3cn(-c4ccc(CNCCC5(N)CN(C(=N)N)C5)cc4)c(=O)nc3[nH]2)c1. The van der Waals surface area contributed by atoms with Crippen LogP contribution in [-0.4, -0.2) is 56.6 Å². The fourth-order valence-corrected chi connectivity index (χ4v) is 5.57. The van der Waals surface area contributed by atoms with Gasteiger partial charge in [-0.3, -0.25) is 9.98 Å². The zero-order chi connectivity index (χ0) is 30.0. The summed E-state index contributed by atoms with van der Waals surface area (Å²) in [6.07, 6.45) is 4.95. The van der Waals surface area contributed by atoms with E-state index in [2.05, 4.69) is 15.3 Å². The van der Waals surface area contributed by atoms with E-state index < -0.39 is 11.5 Å². The molecule has 1 saturated heterocycles. The van der Waals surface area contributed by atoms with E-state index >= 15 is 4.39 Å². The van der Waals surface area contributed by atoms with Crippen LogP contribution in [0.25, 0.3) is 28.0 Å². The number of fused-ring (bicyclic) bond motifs is 1. The molecule has 5 rings (SSSR count). The molecule has 1 aliphatic heterocycles. The van der Waals surface area contributed by atoms with Crippen molar-refractivity contribution in [3.8, 4) is 16.9 Å². The van der Waals surface area contributed by atoms with E-state index in [0.29, 0.717) is 47.6 Å². The van der Waals surface area contributed by atoms with Gasteiger partial charge in [0.05, 0.1) is 21.9 Å². The van der Waals surface area contributed by atoms with Crippen molar-refractivity contribution in [1.82, 2.24) is 24.8 Å². The molecule has 10 nitrogen and oxygen atoms in total. The summed E-state index contributed by atoms with van der Waals surface area (Å²) < 4.78 is 16.5. The van der Waals surface area contributed by atoms with Crippen molar-refractivity contribution in [3.63, 3.8) is 0 Å². The first-order chi connectivity index (χ1) is 20.0. The minimum Gasteiger partial charge on any atom is -0.370 e. The van der Waals surface area contributed by atoms with Gasteiger partial charge in [0, 0.05) is 42.8 Å². The van der Waals surface area contributed by atoms with Gasteiger partial charge < -0.3 is 32.4 Å². The number of likely N-dealkylation sites (tertiary alicyclic amines) is 1. The number of hydrogen-bond acceptors (Lipinski definition) is 6. The first-order valence-corrected chi connectivity index (χ1v) is 14.4. The van der Waals surface area contributed by atoms with Crippen LogP contribution < -0.4 is 28.2 Å². The molecule has 2 aromatic heterocycles. The van der Waals surface area contributed by atoms with E-state index in [1.54, 1.807) is 29.3 Å². The molecule has 1 fully saturated rings. The van der Waals surface area contributed by atoms with Crippen LogP contribution >= 0.6 is 11.6 Å². The van der Waals surface area contributed by atoms with E-state index in [0.717, 1.165) is 43.4 Å². The lowest BCUT2D eigenvalue weighted by Crippen LogP contribution is -2.70. The molecule has 0 amide bonds. The molecular formula is C30H37ClFN9O. The lowest BCUT2D eigenvalue weighted by atomic mass is 9.88. The van der Waals surface area contributed by atoms with Crippen molar-refractivity contribution in [2.75, 3.05) is 19.6 Å². The van der Waals surface area contributed by atoms with Gasteiger partial charge in [-0.1, -0.05) is 23.7 Å². The third-order valence-corrected chi connectivity index (χ3v) is 7.98. The van der Waals surface area contributed by atoms with Crippen LogP contribution in [0.3, 0.4) is 0 Å². The van der Waals surface area contributed by atoms with Crippen LogP contribution in [0.4, 0.5) is 4.39 Å². The fraction of sp³-hybridized carbons (Fsp3) is 0.367. The molecule has 0 spiro atoms. The second-order valence-electron chi connectivity index (χ2n) is 11.4. The highest BCUT2D eigenvalue weighted by Crippen LogP contribution is 2.31. The molecule has 1 atom stereocenters. The minimum atomic E-state index is -0.522. The number of H-pyrrole nitrogens is 1. The second-order valence-corrected chi connectivity index (χ2v) is 11.8. The Balaban J connectivity index is 1.26. The summed E-state index contributed by atoms with van der Waals surface area (Å²) in [7, 11) is 0. The maximum Gasteiger partial charge on any atom is 0.354 e. The van der Waals surface area contributed by atoms with E-state index in [1.807, 2.05) is 31.2 Å². The number of aryl methyl sites for hydroxylation is 1. The van der Waals surface area contributed by atoms with Gasteiger partial charge in [0.25, 0.3) is 0 Å². The Kier molecular flexibility index (Phi) is 8.65. The van der Waals surface area contributed by atoms with E-state index in [9.17, 15) is 4.79 Å². The molecular weight excluding hydrogens is 557 g/mol. The summed E-state index contributed by atoms with van der Waals surface area (Å²) in [5, 5.41) is 11.6. The Morgan fingerprint density at radius 1 is 1.24 bits per heavy atom. The predicted molar refractivity (Wildman–Crippen MR) is 165 cm³/mol. The predicted octanol–water partition coefficient (Wildman–Crippen LogP) is 3.23.